The highest BCUT2D eigenvalue weighted by atomic mass is 32.2. The Kier molecular flexibility index (Phi) is 4.78. The van der Waals surface area contributed by atoms with Crippen molar-refractivity contribution in [3.8, 4) is 10.7 Å². The first kappa shape index (κ1) is 19.1. The predicted molar refractivity (Wildman–Crippen MR) is 103 cm³/mol. The summed E-state index contributed by atoms with van der Waals surface area (Å²) in [6, 6.07) is 11.8. The van der Waals surface area contributed by atoms with Crippen molar-refractivity contribution < 1.29 is 22.7 Å². The van der Waals surface area contributed by atoms with Crippen molar-refractivity contribution in [1.82, 2.24) is 14.1 Å². The summed E-state index contributed by atoms with van der Waals surface area (Å²) in [5.74, 6) is -1.39. The smallest absolute Gasteiger partial charge is 0.325 e. The third-order valence-electron chi connectivity index (χ3n) is 4.51. The molecule has 0 saturated heterocycles. The number of hydrogen-bond acceptors (Lipinski definition) is 7. The number of thiophene rings is 1. The van der Waals surface area contributed by atoms with Crippen molar-refractivity contribution in [1.29, 1.82) is 0 Å². The first-order chi connectivity index (χ1) is 13.4. The van der Waals surface area contributed by atoms with Crippen molar-refractivity contribution in [2.75, 3.05) is 0 Å². The van der Waals surface area contributed by atoms with Crippen molar-refractivity contribution in [3.63, 3.8) is 0 Å². The van der Waals surface area contributed by atoms with Gasteiger partial charge in [-0.3, -0.25) is 4.79 Å². The van der Waals surface area contributed by atoms with Crippen LogP contribution in [0.4, 0.5) is 4.39 Å². The maximum Gasteiger partial charge on any atom is 0.325 e. The first-order valence-corrected chi connectivity index (χ1v) is 11.2. The Balaban J connectivity index is 1.59. The molecular weight excluding hydrogens is 425 g/mol. The number of carboxylic acids is 1. The molecule has 2 aromatic heterocycles. The Morgan fingerprint density at radius 3 is 2.68 bits per heavy atom. The lowest BCUT2D eigenvalue weighted by Crippen LogP contribution is -2.44. The molecule has 0 bridgehead atoms. The second-order valence-corrected chi connectivity index (χ2v) is 10.1. The molecule has 1 aliphatic rings. The quantitative estimate of drug-likeness (QED) is 0.586. The predicted octanol–water partition coefficient (Wildman–Crippen LogP) is 3.03. The minimum absolute atomic E-state index is 0.0431. The number of carbonyl (C=O) groups is 1. The topological polar surface area (TPSA) is 109 Å². The van der Waals surface area contributed by atoms with Crippen molar-refractivity contribution in [3.05, 3.63) is 53.0 Å². The number of carboxylic acid groups (broad SMARTS) is 1. The minimum atomic E-state index is -4.07. The van der Waals surface area contributed by atoms with E-state index in [4.69, 9.17) is 0 Å². The van der Waals surface area contributed by atoms with Gasteiger partial charge < -0.3 is 5.11 Å². The number of nitrogens with one attached hydrogen (secondary N) is 1. The zero-order valence-corrected chi connectivity index (χ0v) is 16.7. The highest BCUT2D eigenvalue weighted by molar-refractivity contribution is 7.91. The molecule has 4 rings (SSSR count). The number of benzene rings is 1. The molecule has 0 radical (unpaired) electrons. The highest BCUT2D eigenvalue weighted by Gasteiger charge is 2.63. The summed E-state index contributed by atoms with van der Waals surface area (Å²) in [5, 5.41) is 9.89. The number of nitrogens with zero attached hydrogens (tertiary/aromatic N) is 2. The fraction of sp³-hybridized carbons (Fsp3) is 0.235. The Hall–Kier alpha value is -2.21. The third-order valence-corrected chi connectivity index (χ3v) is 8.27. The summed E-state index contributed by atoms with van der Waals surface area (Å²) in [6.07, 6.45) is 0.178. The molecule has 1 fully saturated rings. The van der Waals surface area contributed by atoms with E-state index in [0.29, 0.717) is 4.88 Å². The molecule has 1 aliphatic carbocycles. The molecule has 1 aromatic carbocycles. The number of hydrogen-bond donors (Lipinski definition) is 2. The molecule has 0 spiro atoms. The van der Waals surface area contributed by atoms with Crippen molar-refractivity contribution >= 4 is 38.9 Å². The van der Waals surface area contributed by atoms with Gasteiger partial charge in [-0.2, -0.15) is 9.10 Å². The van der Waals surface area contributed by atoms with Crippen LogP contribution in [0, 0.1) is 0 Å². The van der Waals surface area contributed by atoms with E-state index >= 15 is 0 Å². The molecule has 0 unspecified atom stereocenters. The molecule has 2 N–H and O–H groups in total. The molecule has 2 heterocycles. The molecule has 2 atom stereocenters. The van der Waals surface area contributed by atoms with Crippen LogP contribution in [0.1, 0.15) is 22.9 Å². The van der Waals surface area contributed by atoms with Crippen LogP contribution in [0.15, 0.2) is 46.7 Å². The van der Waals surface area contributed by atoms with E-state index in [1.165, 1.54) is 12.1 Å². The van der Waals surface area contributed by atoms with Crippen molar-refractivity contribution in [2.24, 2.45) is 0 Å². The van der Waals surface area contributed by atoms with Gasteiger partial charge >= 0.3 is 5.97 Å². The Morgan fingerprint density at radius 1 is 1.29 bits per heavy atom. The van der Waals surface area contributed by atoms with Crippen LogP contribution < -0.4 is 4.72 Å². The molecule has 3 aromatic rings. The maximum atomic E-state index is 12.8. The van der Waals surface area contributed by atoms with E-state index in [1.807, 2.05) is 6.07 Å². The van der Waals surface area contributed by atoms with Gasteiger partial charge in [0.15, 0.2) is 5.82 Å². The molecule has 7 nitrogen and oxygen atoms in total. The molecule has 11 heteroatoms. The van der Waals surface area contributed by atoms with Crippen molar-refractivity contribution in [2.45, 2.75) is 28.8 Å². The lowest BCUT2D eigenvalue weighted by atomic mass is 10.1. The van der Waals surface area contributed by atoms with Crippen LogP contribution in [0.25, 0.3) is 10.7 Å². The van der Waals surface area contributed by atoms with Gasteiger partial charge in [0, 0.05) is 5.92 Å². The van der Waals surface area contributed by atoms with Crippen LogP contribution in [0.2, 0.25) is 0 Å². The second-order valence-electron chi connectivity index (χ2n) is 6.31. The third kappa shape index (κ3) is 3.34. The minimum Gasteiger partial charge on any atom is -0.480 e. The number of sulfonamides is 1. The summed E-state index contributed by atoms with van der Waals surface area (Å²) >= 11 is 1.82. The Bertz CT molecular complexity index is 1130. The largest absolute Gasteiger partial charge is 0.480 e. The SMILES string of the molecule is O=C(O)[C@]1(NS(=O)(=O)c2ccc(-c3nsc(CF)n3)s2)C[C@H]1c1ccccc1. The zero-order chi connectivity index (χ0) is 19.9. The van der Waals surface area contributed by atoms with Gasteiger partial charge in [-0.15, -0.1) is 11.3 Å². The van der Waals surface area contributed by atoms with Gasteiger partial charge in [-0.1, -0.05) is 30.3 Å². The fourth-order valence-electron chi connectivity index (χ4n) is 3.03. The lowest BCUT2D eigenvalue weighted by Gasteiger charge is -2.14. The van der Waals surface area contributed by atoms with Crippen LogP contribution in [0.3, 0.4) is 0 Å². The monoisotopic (exact) mass is 439 g/mol. The molecule has 0 amide bonds. The van der Waals surface area contributed by atoms with Gasteiger partial charge in [0.1, 0.15) is 21.4 Å². The van der Waals surface area contributed by atoms with Gasteiger partial charge in [0.25, 0.3) is 10.0 Å². The van der Waals surface area contributed by atoms with Gasteiger partial charge in [0.2, 0.25) is 0 Å². The van der Waals surface area contributed by atoms with E-state index in [9.17, 15) is 22.7 Å². The molecule has 1 saturated carbocycles. The normalized spacial score (nSPS) is 21.5. The number of alkyl halides is 1. The summed E-state index contributed by atoms with van der Waals surface area (Å²) < 4.78 is 44.6. The number of halogens is 1. The van der Waals surface area contributed by atoms with E-state index < -0.39 is 34.1 Å². The van der Waals surface area contributed by atoms with E-state index in [-0.39, 0.29) is 21.5 Å². The van der Waals surface area contributed by atoms with Gasteiger partial charge in [0.05, 0.1) is 4.88 Å². The Morgan fingerprint density at radius 2 is 2.04 bits per heavy atom. The number of aliphatic carboxylic acids is 1. The molecular formula is C17H14FN3O4S3. The molecule has 146 valence electrons. The van der Waals surface area contributed by atoms with Crippen LogP contribution in [-0.4, -0.2) is 34.4 Å². The van der Waals surface area contributed by atoms with E-state index in [1.54, 1.807) is 24.3 Å². The van der Waals surface area contributed by atoms with Gasteiger partial charge in [-0.05, 0) is 35.6 Å². The number of aromatic nitrogens is 2. The van der Waals surface area contributed by atoms with Crippen LogP contribution in [-0.2, 0) is 21.5 Å². The van der Waals surface area contributed by atoms with Crippen LogP contribution in [0.5, 0.6) is 0 Å². The summed E-state index contributed by atoms with van der Waals surface area (Å²) in [5.41, 5.74) is -0.796. The second kappa shape index (κ2) is 6.99. The summed E-state index contributed by atoms with van der Waals surface area (Å²) in [4.78, 5) is 16.3. The molecule has 28 heavy (non-hydrogen) atoms. The average Bonchev–Trinajstić information content (AvgIpc) is 3.05. The maximum absolute atomic E-state index is 12.8. The highest BCUT2D eigenvalue weighted by Crippen LogP contribution is 2.52. The standard InChI is InChI=1S/C17H14FN3O4S3/c18-9-13-19-15(20-27-13)12-6-7-14(26-12)28(24,25)21-17(16(22)23)8-11(17)10-4-2-1-3-5-10/h1-7,11,21H,8-9H2,(H,22,23)/t11-,17-/m0/s1. The molecule has 0 aliphatic heterocycles. The average molecular weight is 440 g/mol. The van der Waals surface area contributed by atoms with Crippen LogP contribution >= 0.6 is 22.9 Å². The van der Waals surface area contributed by atoms with Gasteiger partial charge in [-0.25, -0.2) is 17.8 Å². The summed E-state index contributed by atoms with van der Waals surface area (Å²) in [6.45, 7) is -0.738. The van der Waals surface area contributed by atoms with E-state index in [0.717, 1.165) is 28.4 Å². The fourth-order valence-corrected chi connectivity index (χ4v) is 6.24. The zero-order valence-electron chi connectivity index (χ0n) is 14.2. The number of rotatable bonds is 7. The summed E-state index contributed by atoms with van der Waals surface area (Å²) in [7, 11) is -4.07. The Labute approximate surface area is 168 Å². The van der Waals surface area contributed by atoms with E-state index in [2.05, 4.69) is 14.1 Å². The first-order valence-electron chi connectivity index (χ1n) is 8.17. The lowest BCUT2D eigenvalue weighted by molar-refractivity contribution is -0.140.